The molecule has 0 amide bonds. The molecule has 0 aromatic heterocycles. The van der Waals surface area contributed by atoms with Gasteiger partial charge in [-0.25, -0.2) is 8.78 Å². The summed E-state index contributed by atoms with van der Waals surface area (Å²) < 4.78 is 27.1. The Balaban J connectivity index is 0.00000225. The average molecular weight is 222 g/mol. The van der Waals surface area contributed by atoms with Gasteiger partial charge in [-0.1, -0.05) is 13.8 Å². The molecule has 0 spiro atoms. The van der Waals surface area contributed by atoms with Crippen LogP contribution in [0.25, 0.3) is 0 Å². The fraction of sp³-hybridized carbons (Fsp3) is 1.00. The van der Waals surface area contributed by atoms with Gasteiger partial charge in [-0.2, -0.15) is 0 Å². The van der Waals surface area contributed by atoms with Crippen molar-refractivity contribution in [2.24, 2.45) is 5.92 Å². The number of hydrogen-bond acceptors (Lipinski definition) is 2. The molecule has 2 unspecified atom stereocenters. The monoisotopic (exact) mass is 222 g/mol. The Kier molecular flexibility index (Phi) is 4.06. The third-order valence-electron chi connectivity index (χ3n) is 2.95. The largest absolute Gasteiger partial charge is 0.308 e. The van der Waals surface area contributed by atoms with Crippen molar-refractivity contribution in [1.82, 2.24) is 10.2 Å². The molecule has 1 aliphatic heterocycles. The van der Waals surface area contributed by atoms with E-state index in [0.29, 0.717) is 6.42 Å². The van der Waals surface area contributed by atoms with Gasteiger partial charge in [0.2, 0.25) is 0 Å². The molecule has 2 nitrogen and oxygen atoms in total. The van der Waals surface area contributed by atoms with Crippen LogP contribution in [0, 0.1) is 5.92 Å². The van der Waals surface area contributed by atoms with Crippen LogP contribution in [0.2, 0.25) is 0 Å². The zero-order valence-electron chi connectivity index (χ0n) is 10.1. The summed E-state index contributed by atoms with van der Waals surface area (Å²) in [6.07, 6.45) is 0.579. The highest BCUT2D eigenvalue weighted by Gasteiger charge is 2.45. The van der Waals surface area contributed by atoms with Crippen molar-refractivity contribution in [3.8, 4) is 0 Å². The third kappa shape index (κ3) is 3.38. The van der Waals surface area contributed by atoms with Crippen LogP contribution in [0.4, 0.5) is 8.78 Å². The second-order valence-electron chi connectivity index (χ2n) is 5.15. The summed E-state index contributed by atoms with van der Waals surface area (Å²) in [4.78, 5) is 2.04. The highest BCUT2D eigenvalue weighted by atomic mass is 19.3. The van der Waals surface area contributed by atoms with Crippen LogP contribution in [0.15, 0.2) is 0 Å². The van der Waals surface area contributed by atoms with Gasteiger partial charge < -0.3 is 10.2 Å². The summed E-state index contributed by atoms with van der Waals surface area (Å²) in [5, 5.41) is 3.08. The lowest BCUT2D eigenvalue weighted by Gasteiger charge is -2.40. The van der Waals surface area contributed by atoms with Gasteiger partial charge in [0.1, 0.15) is 0 Å². The van der Waals surface area contributed by atoms with E-state index >= 15 is 0 Å². The molecule has 15 heavy (non-hydrogen) atoms. The van der Waals surface area contributed by atoms with Gasteiger partial charge in [0.15, 0.2) is 0 Å². The Morgan fingerprint density at radius 3 is 2.53 bits per heavy atom. The van der Waals surface area contributed by atoms with Gasteiger partial charge in [0.25, 0.3) is 5.92 Å². The molecular weight excluding hydrogens is 198 g/mol. The van der Waals surface area contributed by atoms with Crippen LogP contribution in [0.1, 0.15) is 28.1 Å². The quantitative estimate of drug-likeness (QED) is 0.787. The summed E-state index contributed by atoms with van der Waals surface area (Å²) in [6.45, 7) is 4.53. The fourth-order valence-electron chi connectivity index (χ4n) is 2.25. The van der Waals surface area contributed by atoms with Gasteiger partial charge >= 0.3 is 0 Å². The van der Waals surface area contributed by atoms with Crippen molar-refractivity contribution in [3.05, 3.63) is 0 Å². The fourth-order valence-corrected chi connectivity index (χ4v) is 2.25. The normalized spacial score (nSPS) is 31.2. The number of rotatable bonds is 3. The van der Waals surface area contributed by atoms with Crippen LogP contribution >= 0.6 is 0 Å². The highest BCUT2D eigenvalue weighted by Crippen LogP contribution is 2.33. The van der Waals surface area contributed by atoms with E-state index in [2.05, 4.69) is 5.32 Å². The summed E-state index contributed by atoms with van der Waals surface area (Å²) in [5.74, 6) is -2.57. The Bertz CT molecular complexity index is 210. The van der Waals surface area contributed by atoms with Crippen LogP contribution < -0.4 is 5.32 Å². The van der Waals surface area contributed by atoms with Crippen molar-refractivity contribution >= 4 is 0 Å². The van der Waals surface area contributed by atoms with Crippen LogP contribution in [-0.2, 0) is 0 Å². The standard InChI is InChI=1S/C11H22F2N2.H2/c1-8(2)10-11(12,13)6-5-9(14-10)7-15(3)4;/h8-10,14H,5-7H2,1-4H3;1H. The number of piperidine rings is 1. The molecule has 0 bridgehead atoms. The minimum Gasteiger partial charge on any atom is -0.308 e. The number of alkyl halides is 2. The van der Waals surface area contributed by atoms with E-state index in [4.69, 9.17) is 0 Å². The maximum atomic E-state index is 13.6. The lowest BCUT2D eigenvalue weighted by atomic mass is 9.88. The average Bonchev–Trinajstić information content (AvgIpc) is 2.06. The molecule has 2 atom stereocenters. The first-order valence-corrected chi connectivity index (χ1v) is 5.61. The minimum atomic E-state index is -2.54. The molecular formula is C11H24F2N2. The molecule has 1 rings (SSSR count). The molecule has 1 fully saturated rings. The van der Waals surface area contributed by atoms with E-state index in [9.17, 15) is 8.78 Å². The Morgan fingerprint density at radius 2 is 2.07 bits per heavy atom. The Hall–Kier alpha value is -0.220. The first-order valence-electron chi connectivity index (χ1n) is 5.61. The molecule has 0 radical (unpaired) electrons. The Morgan fingerprint density at radius 1 is 1.47 bits per heavy atom. The van der Waals surface area contributed by atoms with Gasteiger partial charge in [-0.3, -0.25) is 0 Å². The number of likely N-dealkylation sites (N-methyl/N-ethyl adjacent to an activating group) is 1. The number of nitrogens with one attached hydrogen (secondary N) is 1. The summed E-state index contributed by atoms with van der Waals surface area (Å²) in [5.41, 5.74) is 0. The van der Waals surface area contributed by atoms with Gasteiger partial charge in [0.05, 0.1) is 6.04 Å². The summed E-state index contributed by atoms with van der Waals surface area (Å²) in [7, 11) is 3.94. The summed E-state index contributed by atoms with van der Waals surface area (Å²) in [6, 6.07) is -0.469. The SMILES string of the molecule is CC(C)C1NC(CN(C)C)CCC1(F)F.[HH]. The highest BCUT2D eigenvalue weighted by molar-refractivity contribution is 4.94. The molecule has 1 heterocycles. The molecule has 1 aliphatic rings. The summed E-state index contributed by atoms with van der Waals surface area (Å²) >= 11 is 0. The van der Waals surface area contributed by atoms with Crippen LogP contribution in [0.5, 0.6) is 0 Å². The molecule has 0 aromatic rings. The second kappa shape index (κ2) is 4.74. The first kappa shape index (κ1) is 12.8. The Labute approximate surface area is 92.5 Å². The van der Waals surface area contributed by atoms with Crippen molar-refractivity contribution in [3.63, 3.8) is 0 Å². The van der Waals surface area contributed by atoms with E-state index in [1.165, 1.54) is 0 Å². The topological polar surface area (TPSA) is 15.3 Å². The lowest BCUT2D eigenvalue weighted by Crippen LogP contribution is -2.58. The molecule has 0 aromatic carbocycles. The van der Waals surface area contributed by atoms with Crippen molar-refractivity contribution < 1.29 is 10.2 Å². The number of hydrogen-bond donors (Lipinski definition) is 1. The predicted molar refractivity (Wildman–Crippen MR) is 60.4 cm³/mol. The molecule has 1 N–H and O–H groups in total. The van der Waals surface area contributed by atoms with Gasteiger partial charge in [0, 0.05) is 20.4 Å². The maximum absolute atomic E-state index is 13.6. The molecule has 92 valence electrons. The number of halogens is 2. The van der Waals surface area contributed by atoms with E-state index in [1.807, 2.05) is 32.8 Å². The van der Waals surface area contributed by atoms with Gasteiger partial charge in [-0.15, -0.1) is 0 Å². The second-order valence-corrected chi connectivity index (χ2v) is 5.15. The third-order valence-corrected chi connectivity index (χ3v) is 2.95. The van der Waals surface area contributed by atoms with Gasteiger partial charge in [-0.05, 0) is 26.4 Å². The van der Waals surface area contributed by atoms with E-state index in [1.54, 1.807) is 0 Å². The zero-order valence-corrected chi connectivity index (χ0v) is 10.1. The number of nitrogens with zero attached hydrogens (tertiary/aromatic N) is 1. The smallest absolute Gasteiger partial charge is 0.263 e. The van der Waals surface area contributed by atoms with Crippen LogP contribution in [0.3, 0.4) is 0 Å². The molecule has 4 heteroatoms. The van der Waals surface area contributed by atoms with E-state index in [-0.39, 0.29) is 19.8 Å². The van der Waals surface area contributed by atoms with Crippen molar-refractivity contribution in [2.75, 3.05) is 20.6 Å². The van der Waals surface area contributed by atoms with E-state index in [0.717, 1.165) is 6.54 Å². The first-order chi connectivity index (χ1) is 6.83. The molecule has 1 saturated heterocycles. The van der Waals surface area contributed by atoms with Crippen LogP contribution in [-0.4, -0.2) is 43.5 Å². The zero-order chi connectivity index (χ0) is 11.6. The van der Waals surface area contributed by atoms with Crippen molar-refractivity contribution in [2.45, 2.75) is 44.7 Å². The van der Waals surface area contributed by atoms with Crippen molar-refractivity contribution in [1.29, 1.82) is 0 Å². The maximum Gasteiger partial charge on any atom is 0.263 e. The predicted octanol–water partition coefficient (Wildman–Crippen LogP) is 2.21. The molecule has 0 saturated carbocycles. The molecule has 0 aliphatic carbocycles. The minimum absolute atomic E-state index is 0. The van der Waals surface area contributed by atoms with E-state index < -0.39 is 12.0 Å². The lowest BCUT2D eigenvalue weighted by molar-refractivity contribution is -0.0849.